The lowest BCUT2D eigenvalue weighted by Crippen LogP contribution is -2.34. The van der Waals surface area contributed by atoms with Crippen LogP contribution in [-0.4, -0.2) is 35.8 Å². The highest BCUT2D eigenvalue weighted by molar-refractivity contribution is 6.00. The average molecular weight is 341 g/mol. The summed E-state index contributed by atoms with van der Waals surface area (Å²) in [6.07, 6.45) is -0.283. The van der Waals surface area contributed by atoms with E-state index in [9.17, 15) is 9.59 Å². The molecule has 0 aromatic heterocycles. The molecule has 0 bridgehead atoms. The molecule has 0 unspecified atom stereocenters. The number of urea groups is 1. The van der Waals surface area contributed by atoms with E-state index in [0.29, 0.717) is 36.6 Å². The Labute approximate surface area is 145 Å². The maximum Gasteiger partial charge on any atom is 0.407 e. The van der Waals surface area contributed by atoms with Gasteiger partial charge < -0.3 is 25.4 Å². The number of methoxy groups -OCH3 is 1. The molecule has 0 aliphatic carbocycles. The maximum absolute atomic E-state index is 12.2. The number of hydrogen-bond donors (Lipinski definition) is 3. The van der Waals surface area contributed by atoms with Crippen LogP contribution in [0.1, 0.15) is 11.1 Å². The molecule has 0 fully saturated rings. The van der Waals surface area contributed by atoms with Gasteiger partial charge in [0.1, 0.15) is 5.75 Å². The van der Waals surface area contributed by atoms with Gasteiger partial charge in [-0.05, 0) is 41.8 Å². The molecule has 7 heteroatoms. The maximum atomic E-state index is 12.2. The molecule has 0 saturated carbocycles. The largest absolute Gasteiger partial charge is 0.495 e. The second-order valence-corrected chi connectivity index (χ2v) is 5.72. The van der Waals surface area contributed by atoms with Crippen LogP contribution in [0.2, 0.25) is 0 Å². The first-order valence-electron chi connectivity index (χ1n) is 7.87. The van der Waals surface area contributed by atoms with Crippen molar-refractivity contribution >= 4 is 23.5 Å². The minimum Gasteiger partial charge on any atom is -0.495 e. The van der Waals surface area contributed by atoms with E-state index in [1.165, 1.54) is 4.90 Å². The van der Waals surface area contributed by atoms with Crippen molar-refractivity contribution in [3.63, 3.8) is 0 Å². The van der Waals surface area contributed by atoms with Gasteiger partial charge in [-0.3, -0.25) is 0 Å². The van der Waals surface area contributed by atoms with Crippen molar-refractivity contribution in [1.29, 1.82) is 0 Å². The zero-order valence-corrected chi connectivity index (χ0v) is 13.8. The lowest BCUT2D eigenvalue weighted by Gasteiger charge is -2.26. The Balaban J connectivity index is 1.67. The summed E-state index contributed by atoms with van der Waals surface area (Å²) in [5, 5.41) is 14.6. The lowest BCUT2D eigenvalue weighted by molar-refractivity contribution is 0.140. The molecule has 2 aromatic carbocycles. The van der Waals surface area contributed by atoms with Gasteiger partial charge in [-0.2, -0.15) is 0 Å². The zero-order valence-electron chi connectivity index (χ0n) is 13.8. The van der Waals surface area contributed by atoms with E-state index in [-0.39, 0.29) is 6.03 Å². The predicted molar refractivity (Wildman–Crippen MR) is 94.2 cm³/mol. The lowest BCUT2D eigenvalue weighted by atomic mass is 9.99. The van der Waals surface area contributed by atoms with Gasteiger partial charge in [0.25, 0.3) is 0 Å². The second-order valence-electron chi connectivity index (χ2n) is 5.72. The van der Waals surface area contributed by atoms with E-state index in [1.54, 1.807) is 25.3 Å². The number of carbonyl (C=O) groups excluding carboxylic acids is 1. The van der Waals surface area contributed by atoms with Gasteiger partial charge in [-0.25, -0.2) is 9.59 Å². The summed E-state index contributed by atoms with van der Waals surface area (Å²) in [5.74, 6) is 0.580. The Hall–Kier alpha value is -3.22. The normalized spacial score (nSPS) is 12.9. The van der Waals surface area contributed by atoms with Crippen LogP contribution < -0.4 is 15.4 Å². The summed E-state index contributed by atoms with van der Waals surface area (Å²) in [6, 6.07) is 12.3. The molecule has 0 spiro atoms. The fourth-order valence-corrected chi connectivity index (χ4v) is 2.83. The summed E-state index contributed by atoms with van der Waals surface area (Å²) >= 11 is 0. The first-order chi connectivity index (χ1) is 12.1. The topological polar surface area (TPSA) is 90.9 Å². The molecule has 1 heterocycles. The summed E-state index contributed by atoms with van der Waals surface area (Å²) < 4.78 is 5.21. The monoisotopic (exact) mass is 341 g/mol. The molecule has 0 radical (unpaired) electrons. The number of hydrogen-bond acceptors (Lipinski definition) is 3. The van der Waals surface area contributed by atoms with E-state index < -0.39 is 6.09 Å². The quantitative estimate of drug-likeness (QED) is 0.798. The first-order valence-corrected chi connectivity index (χ1v) is 7.87. The van der Waals surface area contributed by atoms with Crippen molar-refractivity contribution in [3.8, 4) is 5.75 Å². The molecular formula is C18H19N3O4. The number of amides is 3. The van der Waals surface area contributed by atoms with Crippen molar-refractivity contribution in [2.75, 3.05) is 24.3 Å². The zero-order chi connectivity index (χ0) is 17.8. The van der Waals surface area contributed by atoms with Gasteiger partial charge in [-0.1, -0.05) is 18.2 Å². The van der Waals surface area contributed by atoms with Crippen molar-refractivity contribution in [2.45, 2.75) is 13.0 Å². The van der Waals surface area contributed by atoms with Gasteiger partial charge in [0, 0.05) is 18.8 Å². The Kier molecular flexibility index (Phi) is 4.74. The number of ether oxygens (including phenoxy) is 1. The summed E-state index contributed by atoms with van der Waals surface area (Å²) in [6.45, 7) is 0.831. The minimum absolute atomic E-state index is 0.368. The molecule has 1 aliphatic heterocycles. The van der Waals surface area contributed by atoms with Crippen LogP contribution in [0.25, 0.3) is 0 Å². The van der Waals surface area contributed by atoms with Crippen molar-refractivity contribution in [3.05, 3.63) is 53.6 Å². The standard InChI is InChI=1S/C18H19N3O4/c1-25-16-5-3-2-4-15(16)20-17(22)19-14-7-6-13-11-21(18(23)24)9-8-12(13)10-14/h2-7,10H,8-9,11H2,1H3,(H,23,24)(H2,19,20,22). The summed E-state index contributed by atoms with van der Waals surface area (Å²) in [5.41, 5.74) is 3.25. The molecule has 3 amide bonds. The van der Waals surface area contributed by atoms with Crippen LogP contribution in [0.15, 0.2) is 42.5 Å². The molecule has 130 valence electrons. The van der Waals surface area contributed by atoms with E-state index >= 15 is 0 Å². The Bertz CT molecular complexity index is 807. The first kappa shape index (κ1) is 16.6. The number of fused-ring (bicyclic) bond motifs is 1. The van der Waals surface area contributed by atoms with Crippen LogP contribution in [0.5, 0.6) is 5.75 Å². The number of anilines is 2. The Morgan fingerprint density at radius 2 is 1.92 bits per heavy atom. The molecule has 3 rings (SSSR count). The molecular weight excluding hydrogens is 322 g/mol. The highest BCUT2D eigenvalue weighted by Gasteiger charge is 2.20. The molecule has 3 N–H and O–H groups in total. The van der Waals surface area contributed by atoms with Gasteiger partial charge >= 0.3 is 12.1 Å². The number of benzene rings is 2. The minimum atomic E-state index is -0.913. The highest BCUT2D eigenvalue weighted by atomic mass is 16.5. The van der Waals surface area contributed by atoms with E-state index in [2.05, 4.69) is 10.6 Å². The van der Waals surface area contributed by atoms with Crippen molar-refractivity contribution in [1.82, 2.24) is 4.90 Å². The molecule has 0 atom stereocenters. The van der Waals surface area contributed by atoms with Crippen molar-refractivity contribution < 1.29 is 19.4 Å². The van der Waals surface area contributed by atoms with Crippen molar-refractivity contribution in [2.24, 2.45) is 0 Å². The van der Waals surface area contributed by atoms with Gasteiger partial charge in [0.15, 0.2) is 0 Å². The number of para-hydroxylation sites is 2. The number of carboxylic acid groups (broad SMARTS) is 1. The number of carbonyl (C=O) groups is 2. The SMILES string of the molecule is COc1ccccc1NC(=O)Nc1ccc2c(c1)CCN(C(=O)O)C2. The van der Waals surface area contributed by atoms with E-state index in [4.69, 9.17) is 9.84 Å². The van der Waals surface area contributed by atoms with Crippen LogP contribution in [0, 0.1) is 0 Å². The van der Waals surface area contributed by atoms with Crippen LogP contribution >= 0.6 is 0 Å². The number of rotatable bonds is 3. The highest BCUT2D eigenvalue weighted by Crippen LogP contribution is 2.25. The fraction of sp³-hybridized carbons (Fsp3) is 0.222. The van der Waals surface area contributed by atoms with Crippen LogP contribution in [-0.2, 0) is 13.0 Å². The second kappa shape index (κ2) is 7.12. The summed E-state index contributed by atoms with van der Waals surface area (Å²) in [7, 11) is 1.54. The van der Waals surface area contributed by atoms with Crippen LogP contribution in [0.4, 0.5) is 21.0 Å². The van der Waals surface area contributed by atoms with E-state index in [1.807, 2.05) is 24.3 Å². The van der Waals surface area contributed by atoms with Crippen LogP contribution in [0.3, 0.4) is 0 Å². The molecule has 2 aromatic rings. The smallest absolute Gasteiger partial charge is 0.407 e. The molecule has 0 saturated heterocycles. The fourth-order valence-electron chi connectivity index (χ4n) is 2.83. The number of nitrogens with one attached hydrogen (secondary N) is 2. The number of nitrogens with zero attached hydrogens (tertiary/aromatic N) is 1. The molecule has 25 heavy (non-hydrogen) atoms. The molecule has 7 nitrogen and oxygen atoms in total. The Morgan fingerprint density at radius 1 is 1.12 bits per heavy atom. The van der Waals surface area contributed by atoms with Gasteiger partial charge in [-0.15, -0.1) is 0 Å². The third-order valence-corrected chi connectivity index (χ3v) is 4.10. The third kappa shape index (κ3) is 3.82. The Morgan fingerprint density at radius 3 is 2.68 bits per heavy atom. The van der Waals surface area contributed by atoms with E-state index in [0.717, 1.165) is 11.1 Å². The van der Waals surface area contributed by atoms with Gasteiger partial charge in [0.05, 0.1) is 12.8 Å². The predicted octanol–water partition coefficient (Wildman–Crippen LogP) is 3.38. The third-order valence-electron chi connectivity index (χ3n) is 4.10. The average Bonchev–Trinajstić information content (AvgIpc) is 2.61. The molecule has 1 aliphatic rings. The summed E-state index contributed by atoms with van der Waals surface area (Å²) in [4.78, 5) is 24.6. The van der Waals surface area contributed by atoms with Gasteiger partial charge in [0.2, 0.25) is 0 Å².